The van der Waals surface area contributed by atoms with Crippen LogP contribution in [0.5, 0.6) is 0 Å². The minimum absolute atomic E-state index is 0.0214. The molecule has 0 aromatic heterocycles. The summed E-state index contributed by atoms with van der Waals surface area (Å²) >= 11 is 0. The van der Waals surface area contributed by atoms with Gasteiger partial charge in [0.15, 0.2) is 0 Å². The van der Waals surface area contributed by atoms with E-state index in [-0.39, 0.29) is 23.0 Å². The van der Waals surface area contributed by atoms with Crippen molar-refractivity contribution in [1.29, 1.82) is 0 Å². The quantitative estimate of drug-likeness (QED) is 0.824. The molecule has 0 radical (unpaired) electrons. The van der Waals surface area contributed by atoms with E-state index in [9.17, 15) is 13.2 Å². The van der Waals surface area contributed by atoms with Gasteiger partial charge in [-0.05, 0) is 48.6 Å². The third kappa shape index (κ3) is 3.34. The third-order valence-electron chi connectivity index (χ3n) is 5.97. The summed E-state index contributed by atoms with van der Waals surface area (Å²) in [7, 11) is 0.481. The van der Waals surface area contributed by atoms with E-state index in [1.54, 1.807) is 30.2 Å². The number of sulfonamides is 1. The Hall–Kier alpha value is -1.40. The molecule has 5 nitrogen and oxygen atoms in total. The van der Waals surface area contributed by atoms with Crippen molar-refractivity contribution in [2.24, 2.45) is 0 Å². The van der Waals surface area contributed by atoms with Crippen LogP contribution in [-0.4, -0.2) is 56.5 Å². The molecule has 1 aromatic carbocycles. The standard InChI is InChI=1S/C19H28N2O3S/c1-4-25(23,24)21-11-9-19(10-12-21)14-15(13-18(22)20(2)3)16-7-5-6-8-17(16)19/h5-8,15H,4,9-14H2,1-3H3. The topological polar surface area (TPSA) is 57.7 Å². The second kappa shape index (κ2) is 6.72. The number of hydrogen-bond donors (Lipinski definition) is 0. The fourth-order valence-corrected chi connectivity index (χ4v) is 5.56. The molecule has 138 valence electrons. The lowest BCUT2D eigenvalue weighted by Crippen LogP contribution is -2.44. The highest BCUT2D eigenvalue weighted by Crippen LogP contribution is 2.52. The van der Waals surface area contributed by atoms with Crippen LogP contribution in [0.1, 0.15) is 49.7 Å². The van der Waals surface area contributed by atoms with E-state index in [0.29, 0.717) is 19.5 Å². The van der Waals surface area contributed by atoms with Gasteiger partial charge in [-0.1, -0.05) is 24.3 Å². The Labute approximate surface area is 151 Å². The molecule has 1 aliphatic heterocycles. The van der Waals surface area contributed by atoms with Gasteiger partial charge < -0.3 is 4.90 Å². The number of amides is 1. The van der Waals surface area contributed by atoms with E-state index in [0.717, 1.165) is 19.3 Å². The zero-order valence-corrected chi connectivity index (χ0v) is 16.2. The molecule has 1 amide bonds. The van der Waals surface area contributed by atoms with Gasteiger partial charge in [-0.2, -0.15) is 0 Å². The average Bonchev–Trinajstić information content (AvgIpc) is 2.89. The van der Waals surface area contributed by atoms with Crippen LogP contribution < -0.4 is 0 Å². The fraction of sp³-hybridized carbons (Fsp3) is 0.632. The van der Waals surface area contributed by atoms with Crippen molar-refractivity contribution < 1.29 is 13.2 Å². The lowest BCUT2D eigenvalue weighted by molar-refractivity contribution is -0.129. The molecule has 1 fully saturated rings. The maximum absolute atomic E-state index is 12.2. The number of nitrogens with zero attached hydrogens (tertiary/aromatic N) is 2. The van der Waals surface area contributed by atoms with E-state index in [4.69, 9.17) is 0 Å². The van der Waals surface area contributed by atoms with Crippen LogP contribution in [-0.2, 0) is 20.2 Å². The molecule has 1 saturated heterocycles. The Morgan fingerprint density at radius 2 is 1.88 bits per heavy atom. The van der Waals surface area contributed by atoms with Crippen molar-refractivity contribution >= 4 is 15.9 Å². The molecule has 25 heavy (non-hydrogen) atoms. The van der Waals surface area contributed by atoms with E-state index in [2.05, 4.69) is 18.2 Å². The van der Waals surface area contributed by atoms with Gasteiger partial charge in [0, 0.05) is 33.6 Å². The molecule has 1 aromatic rings. The van der Waals surface area contributed by atoms with Crippen LogP contribution in [0.2, 0.25) is 0 Å². The highest BCUT2D eigenvalue weighted by molar-refractivity contribution is 7.89. The average molecular weight is 365 g/mol. The predicted molar refractivity (Wildman–Crippen MR) is 99.1 cm³/mol. The van der Waals surface area contributed by atoms with Gasteiger partial charge in [0.25, 0.3) is 0 Å². The number of rotatable bonds is 4. The minimum Gasteiger partial charge on any atom is -0.349 e. The van der Waals surface area contributed by atoms with E-state index in [1.807, 2.05) is 6.07 Å². The van der Waals surface area contributed by atoms with Crippen LogP contribution in [0, 0.1) is 0 Å². The van der Waals surface area contributed by atoms with Crippen LogP contribution >= 0.6 is 0 Å². The summed E-state index contributed by atoms with van der Waals surface area (Å²) in [5.41, 5.74) is 2.64. The highest BCUT2D eigenvalue weighted by Gasteiger charge is 2.46. The normalized spacial score (nSPS) is 22.8. The Bertz CT molecular complexity index is 750. The van der Waals surface area contributed by atoms with Gasteiger partial charge >= 0.3 is 0 Å². The number of carbonyl (C=O) groups is 1. The molecule has 3 rings (SSSR count). The van der Waals surface area contributed by atoms with Gasteiger partial charge in [-0.25, -0.2) is 12.7 Å². The first-order valence-electron chi connectivity index (χ1n) is 9.06. The molecule has 0 bridgehead atoms. The predicted octanol–water partition coefficient (Wildman–Crippen LogP) is 2.34. The number of hydrogen-bond acceptors (Lipinski definition) is 3. The Morgan fingerprint density at radius 3 is 2.48 bits per heavy atom. The molecule has 1 heterocycles. The molecule has 1 aliphatic carbocycles. The number of carbonyl (C=O) groups excluding carboxylic acids is 1. The first-order chi connectivity index (χ1) is 11.8. The SMILES string of the molecule is CCS(=O)(=O)N1CCC2(CC1)CC(CC(=O)N(C)C)c1ccccc12. The smallest absolute Gasteiger partial charge is 0.222 e. The van der Waals surface area contributed by atoms with Gasteiger partial charge in [-0.15, -0.1) is 0 Å². The Kier molecular flexibility index (Phi) is 4.95. The van der Waals surface area contributed by atoms with Gasteiger partial charge in [0.05, 0.1) is 5.75 Å². The molecular formula is C19H28N2O3S. The number of piperidine rings is 1. The lowest BCUT2D eigenvalue weighted by atomic mass is 9.73. The number of fused-ring (bicyclic) bond motifs is 2. The largest absolute Gasteiger partial charge is 0.349 e. The number of benzene rings is 1. The van der Waals surface area contributed by atoms with Crippen molar-refractivity contribution in [2.45, 2.75) is 43.9 Å². The van der Waals surface area contributed by atoms with E-state index in [1.165, 1.54) is 11.1 Å². The first-order valence-corrected chi connectivity index (χ1v) is 10.7. The monoisotopic (exact) mass is 364 g/mol. The highest BCUT2D eigenvalue weighted by atomic mass is 32.2. The third-order valence-corrected chi connectivity index (χ3v) is 7.85. The summed E-state index contributed by atoms with van der Waals surface area (Å²) in [6, 6.07) is 8.43. The van der Waals surface area contributed by atoms with Crippen LogP contribution in [0.4, 0.5) is 0 Å². The molecule has 1 unspecified atom stereocenters. The lowest BCUT2D eigenvalue weighted by Gasteiger charge is -2.39. The van der Waals surface area contributed by atoms with Gasteiger partial charge in [0.1, 0.15) is 0 Å². The van der Waals surface area contributed by atoms with Crippen molar-refractivity contribution in [3.63, 3.8) is 0 Å². The maximum atomic E-state index is 12.2. The molecule has 0 saturated carbocycles. The van der Waals surface area contributed by atoms with Crippen LogP contribution in [0.25, 0.3) is 0 Å². The van der Waals surface area contributed by atoms with E-state index < -0.39 is 10.0 Å². The first kappa shape index (κ1) is 18.4. The molecule has 1 atom stereocenters. The zero-order valence-electron chi connectivity index (χ0n) is 15.4. The van der Waals surface area contributed by atoms with Crippen LogP contribution in [0.15, 0.2) is 24.3 Å². The minimum atomic E-state index is -3.12. The maximum Gasteiger partial charge on any atom is 0.222 e. The summed E-state index contributed by atoms with van der Waals surface area (Å²) in [4.78, 5) is 13.9. The summed E-state index contributed by atoms with van der Waals surface area (Å²) in [6.07, 6.45) is 3.17. The summed E-state index contributed by atoms with van der Waals surface area (Å²) in [5, 5.41) is 0. The van der Waals surface area contributed by atoms with Gasteiger partial charge in [-0.3, -0.25) is 4.79 Å². The van der Waals surface area contributed by atoms with Crippen LogP contribution in [0.3, 0.4) is 0 Å². The van der Waals surface area contributed by atoms with Crippen molar-refractivity contribution in [1.82, 2.24) is 9.21 Å². The zero-order chi connectivity index (χ0) is 18.2. The van der Waals surface area contributed by atoms with E-state index >= 15 is 0 Å². The van der Waals surface area contributed by atoms with Crippen molar-refractivity contribution in [3.8, 4) is 0 Å². The molecule has 0 N–H and O–H groups in total. The summed E-state index contributed by atoms with van der Waals surface area (Å²) in [5.74, 6) is 0.555. The summed E-state index contributed by atoms with van der Waals surface area (Å²) in [6.45, 7) is 2.87. The molecule has 6 heteroatoms. The van der Waals surface area contributed by atoms with Crippen molar-refractivity contribution in [3.05, 3.63) is 35.4 Å². The van der Waals surface area contributed by atoms with Crippen molar-refractivity contribution in [2.75, 3.05) is 32.9 Å². The fourth-order valence-electron chi connectivity index (χ4n) is 4.45. The molecular weight excluding hydrogens is 336 g/mol. The molecule has 2 aliphatic rings. The molecule has 1 spiro atoms. The second-order valence-electron chi connectivity index (χ2n) is 7.56. The second-order valence-corrected chi connectivity index (χ2v) is 9.82. The summed E-state index contributed by atoms with van der Waals surface area (Å²) < 4.78 is 26.0. The van der Waals surface area contributed by atoms with Gasteiger partial charge in [0.2, 0.25) is 15.9 Å². The Balaban J connectivity index is 1.83. The Morgan fingerprint density at radius 1 is 1.24 bits per heavy atom.